The zero-order chi connectivity index (χ0) is 8.65. The molecule has 0 atom stereocenters. The lowest BCUT2D eigenvalue weighted by atomic mass is 10.1. The molecule has 0 unspecified atom stereocenters. The average molecular weight is 268 g/mol. The minimum absolute atomic E-state index is 0. The zero-order valence-electron chi connectivity index (χ0n) is 8.37. The summed E-state index contributed by atoms with van der Waals surface area (Å²) in [4.78, 5) is 2.61. The van der Waals surface area contributed by atoms with Gasteiger partial charge in [-0.1, -0.05) is 12.8 Å². The van der Waals surface area contributed by atoms with E-state index < -0.39 is 0 Å². The van der Waals surface area contributed by atoms with Gasteiger partial charge in [-0.25, -0.2) is 0 Å². The molecular weight excluding hydrogens is 246 g/mol. The van der Waals surface area contributed by atoms with Crippen LogP contribution in [0.4, 0.5) is 0 Å². The van der Waals surface area contributed by atoms with E-state index in [1.165, 1.54) is 58.2 Å². The first kappa shape index (κ1) is 13.8. The second kappa shape index (κ2) is 9.35. The highest BCUT2D eigenvalue weighted by molar-refractivity contribution is 8.93. The molecule has 1 saturated heterocycles. The van der Waals surface area contributed by atoms with E-state index in [2.05, 4.69) is 17.5 Å². The summed E-state index contributed by atoms with van der Waals surface area (Å²) < 4.78 is 0. The Kier molecular flexibility index (Phi) is 9.92. The normalized spacial score (nSPS) is 18.2. The lowest BCUT2D eigenvalue weighted by Gasteiger charge is -2.26. The van der Waals surface area contributed by atoms with Crippen molar-refractivity contribution in [1.82, 2.24) is 4.90 Å². The number of piperidine rings is 1. The van der Waals surface area contributed by atoms with Gasteiger partial charge in [0.15, 0.2) is 0 Å². The van der Waals surface area contributed by atoms with Gasteiger partial charge in [-0.15, -0.1) is 17.0 Å². The number of hydrogen-bond donors (Lipinski definition) is 1. The van der Waals surface area contributed by atoms with E-state index in [1.54, 1.807) is 0 Å². The van der Waals surface area contributed by atoms with Gasteiger partial charge in [-0.2, -0.15) is 12.6 Å². The Morgan fingerprint density at radius 2 is 1.62 bits per heavy atom. The van der Waals surface area contributed by atoms with Crippen LogP contribution in [0.5, 0.6) is 0 Å². The molecule has 1 heterocycles. The van der Waals surface area contributed by atoms with E-state index in [9.17, 15) is 0 Å². The molecule has 13 heavy (non-hydrogen) atoms. The van der Waals surface area contributed by atoms with Crippen LogP contribution >= 0.6 is 29.6 Å². The van der Waals surface area contributed by atoms with Crippen LogP contribution in [-0.4, -0.2) is 30.3 Å². The predicted octanol–water partition coefficient (Wildman–Crippen LogP) is 3.15. The fourth-order valence-electron chi connectivity index (χ4n) is 1.81. The van der Waals surface area contributed by atoms with Crippen molar-refractivity contribution in [2.24, 2.45) is 0 Å². The highest BCUT2D eigenvalue weighted by Gasteiger charge is 2.08. The molecule has 0 aromatic carbocycles. The summed E-state index contributed by atoms with van der Waals surface area (Å²) in [6.07, 6.45) is 8.32. The van der Waals surface area contributed by atoms with Crippen molar-refractivity contribution < 1.29 is 0 Å². The molecule has 80 valence electrons. The van der Waals surface area contributed by atoms with Gasteiger partial charge in [0, 0.05) is 0 Å². The smallest absolute Gasteiger partial charge is 0.00187 e. The van der Waals surface area contributed by atoms with Crippen LogP contribution in [0.1, 0.15) is 38.5 Å². The zero-order valence-corrected chi connectivity index (χ0v) is 11.0. The Labute approximate surface area is 98.4 Å². The highest BCUT2D eigenvalue weighted by Crippen LogP contribution is 2.09. The molecule has 0 aromatic rings. The van der Waals surface area contributed by atoms with Crippen molar-refractivity contribution in [1.29, 1.82) is 0 Å². The molecule has 1 fully saturated rings. The van der Waals surface area contributed by atoms with E-state index in [1.807, 2.05) is 0 Å². The number of hydrogen-bond acceptors (Lipinski definition) is 2. The van der Waals surface area contributed by atoms with Gasteiger partial charge in [0.2, 0.25) is 0 Å². The molecule has 1 aliphatic heterocycles. The maximum Gasteiger partial charge on any atom is -0.00187 e. The molecular formula is C10H22BrNS. The van der Waals surface area contributed by atoms with Crippen molar-refractivity contribution >= 4 is 29.6 Å². The quantitative estimate of drug-likeness (QED) is 0.592. The first-order chi connectivity index (χ1) is 5.93. The monoisotopic (exact) mass is 267 g/mol. The van der Waals surface area contributed by atoms with Crippen molar-refractivity contribution in [2.45, 2.75) is 38.5 Å². The maximum atomic E-state index is 4.21. The fourth-order valence-corrected chi connectivity index (χ4v) is 2.03. The Balaban J connectivity index is 0.00000144. The topological polar surface area (TPSA) is 3.24 Å². The summed E-state index contributed by atoms with van der Waals surface area (Å²) in [5.74, 6) is 1.06. The Morgan fingerprint density at radius 1 is 0.923 bits per heavy atom. The van der Waals surface area contributed by atoms with Crippen molar-refractivity contribution in [2.75, 3.05) is 25.4 Å². The predicted molar refractivity (Wildman–Crippen MR) is 68.3 cm³/mol. The van der Waals surface area contributed by atoms with Gasteiger partial charge < -0.3 is 4.90 Å². The standard InChI is InChI=1S/C10H21NS.BrH/c12-10-6-2-5-9-11-7-3-1-4-8-11;/h12H,1-10H2;1H. The molecule has 0 aromatic heterocycles. The number of likely N-dealkylation sites (tertiary alicyclic amines) is 1. The third kappa shape index (κ3) is 6.81. The van der Waals surface area contributed by atoms with E-state index in [-0.39, 0.29) is 17.0 Å². The largest absolute Gasteiger partial charge is 0.303 e. The van der Waals surface area contributed by atoms with E-state index in [4.69, 9.17) is 0 Å². The number of halogens is 1. The molecule has 1 aliphatic rings. The van der Waals surface area contributed by atoms with Gasteiger partial charge in [0.1, 0.15) is 0 Å². The molecule has 1 rings (SSSR count). The molecule has 0 bridgehead atoms. The average Bonchev–Trinajstić information content (AvgIpc) is 2.14. The van der Waals surface area contributed by atoms with E-state index >= 15 is 0 Å². The minimum Gasteiger partial charge on any atom is -0.303 e. The van der Waals surface area contributed by atoms with Crippen LogP contribution in [0.2, 0.25) is 0 Å². The molecule has 1 nitrogen and oxygen atoms in total. The molecule has 0 amide bonds. The van der Waals surface area contributed by atoms with Crippen LogP contribution in [0, 0.1) is 0 Å². The van der Waals surface area contributed by atoms with Gasteiger partial charge >= 0.3 is 0 Å². The highest BCUT2D eigenvalue weighted by atomic mass is 79.9. The first-order valence-corrected chi connectivity index (χ1v) is 5.90. The molecule has 0 spiro atoms. The lowest BCUT2D eigenvalue weighted by molar-refractivity contribution is 0.224. The van der Waals surface area contributed by atoms with Crippen LogP contribution in [0.25, 0.3) is 0 Å². The van der Waals surface area contributed by atoms with Gasteiger partial charge in [-0.3, -0.25) is 0 Å². The van der Waals surface area contributed by atoms with Gasteiger partial charge in [0.25, 0.3) is 0 Å². The van der Waals surface area contributed by atoms with E-state index in [0.29, 0.717) is 0 Å². The van der Waals surface area contributed by atoms with Crippen LogP contribution < -0.4 is 0 Å². The van der Waals surface area contributed by atoms with Crippen molar-refractivity contribution in [3.8, 4) is 0 Å². The van der Waals surface area contributed by atoms with Gasteiger partial charge in [-0.05, 0) is 51.1 Å². The number of nitrogens with zero attached hydrogens (tertiary/aromatic N) is 1. The summed E-state index contributed by atoms with van der Waals surface area (Å²) in [6, 6.07) is 0. The SMILES string of the molecule is Br.SCCCCCN1CCCCC1. The lowest BCUT2D eigenvalue weighted by Crippen LogP contribution is -2.30. The first-order valence-electron chi connectivity index (χ1n) is 5.26. The van der Waals surface area contributed by atoms with Crippen molar-refractivity contribution in [3.05, 3.63) is 0 Å². The minimum atomic E-state index is 0. The van der Waals surface area contributed by atoms with Crippen molar-refractivity contribution in [3.63, 3.8) is 0 Å². The Bertz CT molecular complexity index is 105. The maximum absolute atomic E-state index is 4.21. The molecule has 0 N–H and O–H groups in total. The molecule has 0 aliphatic carbocycles. The third-order valence-corrected chi connectivity index (χ3v) is 2.90. The number of thiol groups is 1. The second-order valence-corrected chi connectivity index (χ2v) is 4.13. The fraction of sp³-hybridized carbons (Fsp3) is 1.00. The summed E-state index contributed by atoms with van der Waals surface area (Å²) in [5, 5.41) is 0. The third-order valence-electron chi connectivity index (χ3n) is 2.58. The van der Waals surface area contributed by atoms with Gasteiger partial charge in [0.05, 0.1) is 0 Å². The van der Waals surface area contributed by atoms with Crippen LogP contribution in [-0.2, 0) is 0 Å². The van der Waals surface area contributed by atoms with Crippen LogP contribution in [0.15, 0.2) is 0 Å². The summed E-state index contributed by atoms with van der Waals surface area (Å²) in [6.45, 7) is 4.02. The summed E-state index contributed by atoms with van der Waals surface area (Å²) in [5.41, 5.74) is 0. The second-order valence-electron chi connectivity index (χ2n) is 3.69. The molecule has 0 saturated carbocycles. The number of unbranched alkanes of at least 4 members (excludes halogenated alkanes) is 2. The van der Waals surface area contributed by atoms with E-state index in [0.717, 1.165) is 5.75 Å². The molecule has 3 heteroatoms. The Hall–Kier alpha value is 0.790. The molecule has 0 radical (unpaired) electrons. The summed E-state index contributed by atoms with van der Waals surface area (Å²) >= 11 is 4.21. The number of rotatable bonds is 5. The van der Waals surface area contributed by atoms with Crippen LogP contribution in [0.3, 0.4) is 0 Å². The Morgan fingerprint density at radius 3 is 2.23 bits per heavy atom. The summed E-state index contributed by atoms with van der Waals surface area (Å²) in [7, 11) is 0.